The van der Waals surface area contributed by atoms with E-state index in [2.05, 4.69) is 33.4 Å². The third-order valence-corrected chi connectivity index (χ3v) is 7.82. The molecule has 2 fully saturated rings. The van der Waals surface area contributed by atoms with Crippen LogP contribution in [0.1, 0.15) is 43.7 Å². The van der Waals surface area contributed by atoms with Crippen LogP contribution in [-0.4, -0.2) is 19.2 Å². The number of rotatable bonds is 7. The Hall–Kier alpha value is -1.76. The molecule has 32 heavy (non-hydrogen) atoms. The van der Waals surface area contributed by atoms with Crippen molar-refractivity contribution in [2.24, 2.45) is 22.4 Å². The van der Waals surface area contributed by atoms with Crippen LogP contribution in [0, 0.1) is 17.3 Å². The average Bonchev–Trinajstić information content (AvgIpc) is 3.39. The van der Waals surface area contributed by atoms with Gasteiger partial charge in [-0.3, -0.25) is 4.79 Å². The normalized spacial score (nSPS) is 24.2. The Morgan fingerprint density at radius 1 is 1.31 bits per heavy atom. The Bertz CT molecular complexity index is 1060. The summed E-state index contributed by atoms with van der Waals surface area (Å²) in [6, 6.07) is 8.93. The van der Waals surface area contributed by atoms with Crippen LogP contribution in [-0.2, 0) is 11.4 Å². The number of hydrogen-bond acceptors (Lipinski definition) is 4. The molecule has 1 amide bonds. The van der Waals surface area contributed by atoms with Gasteiger partial charge >= 0.3 is 0 Å². The Labute approximate surface area is 206 Å². The van der Waals surface area contributed by atoms with Crippen LogP contribution in [0.2, 0.25) is 10.0 Å². The molecule has 8 heteroatoms. The van der Waals surface area contributed by atoms with Crippen molar-refractivity contribution in [1.29, 1.82) is 0 Å². The van der Waals surface area contributed by atoms with Gasteiger partial charge < -0.3 is 9.47 Å². The number of benzene rings is 2. The molecule has 2 aliphatic carbocycles. The first-order chi connectivity index (χ1) is 15.3. The molecule has 0 radical (unpaired) electrons. The van der Waals surface area contributed by atoms with E-state index in [-0.39, 0.29) is 23.8 Å². The van der Waals surface area contributed by atoms with E-state index < -0.39 is 0 Å². The van der Waals surface area contributed by atoms with E-state index in [0.717, 1.165) is 24.0 Å². The molecule has 3 atom stereocenters. The molecule has 2 aliphatic rings. The summed E-state index contributed by atoms with van der Waals surface area (Å²) in [5.41, 5.74) is 4.47. The SMILES string of the molecule is COc1cc(/C=N/NC(=O)[C@@H]2[C@H]3CCCC[C@@]32C)cc(Br)c1OCc1ccc(Cl)cc1Cl. The van der Waals surface area contributed by atoms with E-state index in [1.807, 2.05) is 12.1 Å². The molecule has 0 spiro atoms. The van der Waals surface area contributed by atoms with Crippen molar-refractivity contribution in [1.82, 2.24) is 5.43 Å². The molecule has 0 unspecified atom stereocenters. The first-order valence-electron chi connectivity index (χ1n) is 10.6. The molecule has 2 saturated carbocycles. The van der Waals surface area contributed by atoms with Gasteiger partial charge in [0.05, 0.1) is 17.8 Å². The van der Waals surface area contributed by atoms with Gasteiger partial charge in [-0.1, -0.05) is 49.0 Å². The van der Waals surface area contributed by atoms with Gasteiger partial charge in [-0.05, 0) is 69.9 Å². The van der Waals surface area contributed by atoms with E-state index in [9.17, 15) is 4.79 Å². The van der Waals surface area contributed by atoms with Gasteiger partial charge in [-0.15, -0.1) is 0 Å². The van der Waals surface area contributed by atoms with E-state index in [1.54, 1.807) is 31.5 Å². The van der Waals surface area contributed by atoms with Gasteiger partial charge in [0.25, 0.3) is 0 Å². The highest BCUT2D eigenvalue weighted by molar-refractivity contribution is 9.10. The fourth-order valence-electron chi connectivity index (χ4n) is 4.83. The molecule has 0 saturated heterocycles. The van der Waals surface area contributed by atoms with Crippen LogP contribution >= 0.6 is 39.1 Å². The van der Waals surface area contributed by atoms with Gasteiger partial charge in [0.2, 0.25) is 5.91 Å². The van der Waals surface area contributed by atoms with Crippen LogP contribution in [0.5, 0.6) is 11.5 Å². The minimum atomic E-state index is 0.0153. The highest BCUT2D eigenvalue weighted by Gasteiger charge is 2.64. The third kappa shape index (κ3) is 4.78. The summed E-state index contributed by atoms with van der Waals surface area (Å²) in [6.07, 6.45) is 6.32. The zero-order chi connectivity index (χ0) is 22.9. The Kier molecular flexibility index (Phi) is 7.03. The number of ether oxygens (including phenoxy) is 2. The zero-order valence-electron chi connectivity index (χ0n) is 18.0. The number of carbonyl (C=O) groups excluding carboxylic acids is 1. The van der Waals surface area contributed by atoms with Crippen molar-refractivity contribution in [3.63, 3.8) is 0 Å². The van der Waals surface area contributed by atoms with Gasteiger partial charge in [-0.25, -0.2) is 5.43 Å². The maximum Gasteiger partial charge on any atom is 0.244 e. The molecule has 1 N–H and O–H groups in total. The van der Waals surface area contributed by atoms with Crippen molar-refractivity contribution >= 4 is 51.3 Å². The molecule has 0 aromatic heterocycles. The molecule has 5 nitrogen and oxygen atoms in total. The lowest BCUT2D eigenvalue weighted by molar-refractivity contribution is -0.123. The van der Waals surface area contributed by atoms with Crippen LogP contribution < -0.4 is 14.9 Å². The number of hydrazone groups is 1. The molecule has 4 rings (SSSR count). The quantitative estimate of drug-likeness (QED) is 0.317. The van der Waals surface area contributed by atoms with Crippen molar-refractivity contribution in [2.75, 3.05) is 7.11 Å². The Morgan fingerprint density at radius 2 is 2.12 bits per heavy atom. The van der Waals surface area contributed by atoms with Crippen LogP contribution in [0.3, 0.4) is 0 Å². The lowest BCUT2D eigenvalue weighted by Crippen LogP contribution is -2.22. The van der Waals surface area contributed by atoms with Crippen LogP contribution in [0.25, 0.3) is 0 Å². The second-order valence-electron chi connectivity index (χ2n) is 8.63. The molecular weight excluding hydrogens is 515 g/mol. The topological polar surface area (TPSA) is 59.9 Å². The average molecular weight is 540 g/mol. The lowest BCUT2D eigenvalue weighted by atomic mass is 9.90. The van der Waals surface area contributed by atoms with E-state index in [4.69, 9.17) is 32.7 Å². The molecule has 170 valence electrons. The summed E-state index contributed by atoms with van der Waals surface area (Å²) in [6.45, 7) is 2.48. The fourth-order valence-corrected chi connectivity index (χ4v) is 5.87. The molecule has 2 aromatic carbocycles. The number of nitrogens with one attached hydrogen (secondary N) is 1. The maximum absolute atomic E-state index is 12.6. The van der Waals surface area contributed by atoms with Gasteiger partial charge in [0.1, 0.15) is 6.61 Å². The number of hydrogen-bond donors (Lipinski definition) is 1. The summed E-state index contributed by atoms with van der Waals surface area (Å²) in [4.78, 5) is 12.6. The van der Waals surface area contributed by atoms with E-state index >= 15 is 0 Å². The molecule has 0 aliphatic heterocycles. The summed E-state index contributed by atoms with van der Waals surface area (Å²) in [5.74, 6) is 1.69. The van der Waals surface area contributed by atoms with Gasteiger partial charge in [0.15, 0.2) is 11.5 Å². The van der Waals surface area contributed by atoms with Gasteiger partial charge in [0, 0.05) is 21.5 Å². The monoisotopic (exact) mass is 538 g/mol. The number of nitrogens with zero attached hydrogens (tertiary/aromatic N) is 1. The second-order valence-corrected chi connectivity index (χ2v) is 10.3. The number of halogens is 3. The van der Waals surface area contributed by atoms with E-state index in [1.165, 1.54) is 12.8 Å². The first-order valence-corrected chi connectivity index (χ1v) is 12.2. The molecule has 0 heterocycles. The number of fused-ring (bicyclic) bond motifs is 1. The van der Waals surface area contributed by atoms with E-state index in [0.29, 0.717) is 31.9 Å². The minimum Gasteiger partial charge on any atom is -0.493 e. The highest BCUT2D eigenvalue weighted by atomic mass is 79.9. The predicted octanol–water partition coefficient (Wildman–Crippen LogP) is 6.62. The van der Waals surface area contributed by atoms with Crippen molar-refractivity contribution in [3.8, 4) is 11.5 Å². The van der Waals surface area contributed by atoms with Crippen molar-refractivity contribution in [2.45, 2.75) is 39.2 Å². The summed E-state index contributed by atoms with van der Waals surface area (Å²) >= 11 is 15.7. The van der Waals surface area contributed by atoms with Gasteiger partial charge in [-0.2, -0.15) is 5.10 Å². The lowest BCUT2D eigenvalue weighted by Gasteiger charge is -2.15. The maximum atomic E-state index is 12.6. The second kappa shape index (κ2) is 9.62. The largest absolute Gasteiger partial charge is 0.493 e. The number of carbonyl (C=O) groups is 1. The fraction of sp³-hybridized carbons (Fsp3) is 0.417. The number of methoxy groups -OCH3 is 1. The minimum absolute atomic E-state index is 0.0153. The summed E-state index contributed by atoms with van der Waals surface area (Å²) in [5, 5.41) is 5.29. The standard InChI is InChI=1S/C24H25BrCl2N2O3/c1-24-8-4-3-5-17(24)21(24)23(30)29-28-12-14-9-18(25)22(20(10-14)31-2)32-13-15-6-7-16(26)11-19(15)27/h6-7,9-12,17,21H,3-5,8,13H2,1-2H3,(H,29,30)/b28-12+/t17-,21+,24+/m1/s1. The van der Waals surface area contributed by atoms with Crippen molar-refractivity contribution < 1.29 is 14.3 Å². The summed E-state index contributed by atoms with van der Waals surface area (Å²) < 4.78 is 12.2. The third-order valence-electron chi connectivity index (χ3n) is 6.64. The smallest absolute Gasteiger partial charge is 0.244 e. The molecular formula is C24H25BrCl2N2O3. The molecule has 2 aromatic rings. The first kappa shape index (κ1) is 23.4. The van der Waals surface area contributed by atoms with Crippen LogP contribution in [0.15, 0.2) is 39.9 Å². The summed E-state index contributed by atoms with van der Waals surface area (Å²) in [7, 11) is 1.57. The van der Waals surface area contributed by atoms with Crippen LogP contribution in [0.4, 0.5) is 0 Å². The highest BCUT2D eigenvalue weighted by Crippen LogP contribution is 2.66. The Balaban J connectivity index is 1.41. The Morgan fingerprint density at radius 3 is 2.81 bits per heavy atom. The van der Waals surface area contributed by atoms with Crippen molar-refractivity contribution in [3.05, 3.63) is 56.0 Å². The number of amides is 1. The zero-order valence-corrected chi connectivity index (χ0v) is 21.1. The predicted molar refractivity (Wildman–Crippen MR) is 131 cm³/mol. The molecule has 0 bridgehead atoms.